The van der Waals surface area contributed by atoms with Gasteiger partial charge in [0.15, 0.2) is 0 Å². The molecule has 0 aliphatic carbocycles. The minimum absolute atomic E-state index is 0.156. The van der Waals surface area contributed by atoms with Crippen LogP contribution in [0.5, 0.6) is 5.75 Å². The number of esters is 1. The van der Waals surface area contributed by atoms with Gasteiger partial charge in [-0.1, -0.05) is 18.7 Å². The Morgan fingerprint density at radius 2 is 1.96 bits per heavy atom. The molecule has 0 aromatic heterocycles. The minimum atomic E-state index is -4.80. The summed E-state index contributed by atoms with van der Waals surface area (Å²) in [7, 11) is 0. The van der Waals surface area contributed by atoms with Gasteiger partial charge in [0, 0.05) is 11.4 Å². The zero-order chi connectivity index (χ0) is 19.3. The van der Waals surface area contributed by atoms with Gasteiger partial charge in [-0.25, -0.2) is 4.79 Å². The molecule has 2 N–H and O–H groups in total. The van der Waals surface area contributed by atoms with Crippen LogP contribution in [0, 0.1) is 5.92 Å². The molecule has 1 aromatic rings. The quantitative estimate of drug-likeness (QED) is 0.577. The van der Waals surface area contributed by atoms with E-state index < -0.39 is 36.1 Å². The molecule has 0 radical (unpaired) electrons. The molecule has 1 aliphatic rings. The number of nitrogens with one attached hydrogen (secondary N) is 2. The van der Waals surface area contributed by atoms with Crippen molar-refractivity contribution in [2.24, 2.45) is 5.92 Å². The standard InChI is InChI=1S/C16H17F3N2O4S/c1-9-12(14(22)24-7-8-26-2)13(21-15(23)20-9)10-3-5-11(6-4-10)25-16(17,18)19/h3-6,12-13H,1,7-8H2,2H3,(H2,20,21,23)/t12-,13+/m1/s1. The SMILES string of the molecule is C=C1NC(=O)N[C@@H](c2ccc(OC(F)(F)F)cc2)[C@@H]1C(=O)OCCSC. The van der Waals surface area contributed by atoms with Crippen molar-refractivity contribution in [1.29, 1.82) is 0 Å². The second-order valence-electron chi connectivity index (χ2n) is 5.36. The molecule has 1 aliphatic heterocycles. The van der Waals surface area contributed by atoms with Crippen molar-refractivity contribution in [2.45, 2.75) is 12.4 Å². The van der Waals surface area contributed by atoms with Crippen LogP contribution in [0.15, 0.2) is 36.5 Å². The summed E-state index contributed by atoms with van der Waals surface area (Å²) in [6.07, 6.45) is -2.94. The number of urea groups is 1. The molecule has 1 heterocycles. The van der Waals surface area contributed by atoms with E-state index in [0.29, 0.717) is 11.3 Å². The predicted molar refractivity (Wildman–Crippen MR) is 89.5 cm³/mol. The second kappa shape index (κ2) is 8.35. The van der Waals surface area contributed by atoms with Gasteiger partial charge in [-0.2, -0.15) is 11.8 Å². The van der Waals surface area contributed by atoms with E-state index in [1.807, 2.05) is 6.26 Å². The number of benzene rings is 1. The molecule has 6 nitrogen and oxygen atoms in total. The molecule has 0 bridgehead atoms. The van der Waals surface area contributed by atoms with Gasteiger partial charge in [-0.3, -0.25) is 4.79 Å². The van der Waals surface area contributed by atoms with Gasteiger partial charge in [0.2, 0.25) is 0 Å². The number of rotatable bonds is 6. The Labute approximate surface area is 152 Å². The zero-order valence-electron chi connectivity index (χ0n) is 13.8. The third-order valence-electron chi connectivity index (χ3n) is 3.53. The number of amides is 2. The van der Waals surface area contributed by atoms with Crippen LogP contribution < -0.4 is 15.4 Å². The molecule has 2 atom stereocenters. The third-order valence-corrected chi connectivity index (χ3v) is 4.10. The molecule has 2 amide bonds. The van der Waals surface area contributed by atoms with Crippen molar-refractivity contribution < 1.29 is 32.2 Å². The number of carbonyl (C=O) groups is 2. The zero-order valence-corrected chi connectivity index (χ0v) is 14.6. The summed E-state index contributed by atoms with van der Waals surface area (Å²) in [6, 6.07) is 3.51. The monoisotopic (exact) mass is 390 g/mol. The fourth-order valence-corrected chi connectivity index (χ4v) is 2.68. The van der Waals surface area contributed by atoms with E-state index in [2.05, 4.69) is 21.9 Å². The molecule has 1 fully saturated rings. The summed E-state index contributed by atoms with van der Waals surface area (Å²) in [5.74, 6) is -1.29. The first-order valence-electron chi connectivity index (χ1n) is 7.49. The second-order valence-corrected chi connectivity index (χ2v) is 6.34. The van der Waals surface area contributed by atoms with Gasteiger partial charge in [0.05, 0.1) is 6.04 Å². The van der Waals surface area contributed by atoms with Gasteiger partial charge >= 0.3 is 18.4 Å². The van der Waals surface area contributed by atoms with Crippen LogP contribution in [0.3, 0.4) is 0 Å². The third kappa shape index (κ3) is 5.32. The molecule has 2 rings (SSSR count). The molecule has 26 heavy (non-hydrogen) atoms. The van der Waals surface area contributed by atoms with Crippen molar-refractivity contribution in [3.63, 3.8) is 0 Å². The van der Waals surface area contributed by atoms with Gasteiger partial charge in [0.25, 0.3) is 0 Å². The summed E-state index contributed by atoms with van der Waals surface area (Å²) in [6.45, 7) is 3.88. The summed E-state index contributed by atoms with van der Waals surface area (Å²) >= 11 is 1.50. The van der Waals surface area contributed by atoms with E-state index >= 15 is 0 Å². The normalized spacial score (nSPS) is 20.2. The van der Waals surface area contributed by atoms with Crippen LogP contribution >= 0.6 is 11.8 Å². The molecule has 1 saturated heterocycles. The van der Waals surface area contributed by atoms with Gasteiger partial charge < -0.3 is 20.1 Å². The summed E-state index contributed by atoms with van der Waals surface area (Å²) in [5, 5.41) is 4.99. The highest BCUT2D eigenvalue weighted by Gasteiger charge is 2.39. The lowest BCUT2D eigenvalue weighted by Gasteiger charge is -2.33. The van der Waals surface area contributed by atoms with Gasteiger partial charge in [-0.15, -0.1) is 13.2 Å². The largest absolute Gasteiger partial charge is 0.573 e. The van der Waals surface area contributed by atoms with E-state index in [-0.39, 0.29) is 12.3 Å². The number of hydrogen-bond donors (Lipinski definition) is 2. The molecule has 0 unspecified atom stereocenters. The first-order valence-corrected chi connectivity index (χ1v) is 8.88. The van der Waals surface area contributed by atoms with E-state index in [0.717, 1.165) is 12.1 Å². The summed E-state index contributed by atoms with van der Waals surface area (Å²) < 4.78 is 45.8. The van der Waals surface area contributed by atoms with Gasteiger partial charge in [-0.05, 0) is 24.0 Å². The Morgan fingerprint density at radius 3 is 2.54 bits per heavy atom. The maximum absolute atomic E-state index is 12.4. The van der Waals surface area contributed by atoms with Crippen LogP contribution in [-0.2, 0) is 9.53 Å². The summed E-state index contributed by atoms with van der Waals surface area (Å²) in [5.41, 5.74) is 0.575. The number of halogens is 3. The minimum Gasteiger partial charge on any atom is -0.464 e. The molecule has 1 aromatic carbocycles. The van der Waals surface area contributed by atoms with E-state index in [4.69, 9.17) is 4.74 Å². The topological polar surface area (TPSA) is 76.7 Å². The van der Waals surface area contributed by atoms with Crippen LogP contribution in [0.2, 0.25) is 0 Å². The molecule has 10 heteroatoms. The Morgan fingerprint density at radius 1 is 1.31 bits per heavy atom. The fourth-order valence-electron chi connectivity index (χ4n) is 2.43. The lowest BCUT2D eigenvalue weighted by molar-refractivity contribution is -0.274. The molecular weight excluding hydrogens is 373 g/mol. The highest BCUT2D eigenvalue weighted by molar-refractivity contribution is 7.98. The van der Waals surface area contributed by atoms with E-state index in [9.17, 15) is 22.8 Å². The van der Waals surface area contributed by atoms with Crippen molar-refractivity contribution in [3.05, 3.63) is 42.1 Å². The van der Waals surface area contributed by atoms with Crippen LogP contribution in [0.1, 0.15) is 11.6 Å². The van der Waals surface area contributed by atoms with E-state index in [1.165, 1.54) is 23.9 Å². The number of carbonyl (C=O) groups excluding carboxylic acids is 2. The van der Waals surface area contributed by atoms with Crippen LogP contribution in [0.4, 0.5) is 18.0 Å². The first kappa shape index (κ1) is 20.0. The predicted octanol–water partition coefficient (Wildman–Crippen LogP) is 2.98. The lowest BCUT2D eigenvalue weighted by atomic mass is 9.89. The lowest BCUT2D eigenvalue weighted by Crippen LogP contribution is -2.51. The van der Waals surface area contributed by atoms with Crippen molar-refractivity contribution in [2.75, 3.05) is 18.6 Å². The van der Waals surface area contributed by atoms with Crippen molar-refractivity contribution >= 4 is 23.8 Å². The maximum atomic E-state index is 12.4. The number of hydrogen-bond acceptors (Lipinski definition) is 5. The van der Waals surface area contributed by atoms with E-state index in [1.54, 1.807) is 0 Å². The number of alkyl halides is 3. The Bertz CT molecular complexity index is 679. The Balaban J connectivity index is 2.20. The molecule has 0 saturated carbocycles. The summed E-state index contributed by atoms with van der Waals surface area (Å²) in [4.78, 5) is 24.1. The molecule has 142 valence electrons. The smallest absolute Gasteiger partial charge is 0.464 e. The van der Waals surface area contributed by atoms with Crippen LogP contribution in [-0.4, -0.2) is 37.0 Å². The Kier molecular flexibility index (Phi) is 6.41. The van der Waals surface area contributed by atoms with Crippen LogP contribution in [0.25, 0.3) is 0 Å². The average Bonchev–Trinajstić information content (AvgIpc) is 2.53. The first-order chi connectivity index (χ1) is 12.2. The number of thioether (sulfide) groups is 1. The average molecular weight is 390 g/mol. The Hall–Kier alpha value is -2.36. The fraction of sp³-hybridized carbons (Fsp3) is 0.375. The van der Waals surface area contributed by atoms with Crippen molar-refractivity contribution in [3.8, 4) is 5.75 Å². The van der Waals surface area contributed by atoms with Gasteiger partial charge in [0.1, 0.15) is 18.3 Å². The highest BCUT2D eigenvalue weighted by Crippen LogP contribution is 2.32. The van der Waals surface area contributed by atoms with Crippen molar-refractivity contribution in [1.82, 2.24) is 10.6 Å². The number of ether oxygens (including phenoxy) is 2. The molecular formula is C16H17F3N2O4S. The maximum Gasteiger partial charge on any atom is 0.573 e. The molecule has 0 spiro atoms. The highest BCUT2D eigenvalue weighted by atomic mass is 32.2.